The molecule has 0 bridgehead atoms. The van der Waals surface area contributed by atoms with Crippen LogP contribution >= 0.6 is 11.8 Å². The van der Waals surface area contributed by atoms with E-state index in [1.165, 1.54) is 11.8 Å². The Labute approximate surface area is 142 Å². The molecular weight excluding hydrogens is 310 g/mol. The number of thioether (sulfide) groups is 1. The van der Waals surface area contributed by atoms with E-state index in [0.29, 0.717) is 17.7 Å². The average molecular weight is 335 g/mol. The summed E-state index contributed by atoms with van der Waals surface area (Å²) >= 11 is 1.43. The quantitative estimate of drug-likeness (QED) is 0.893. The number of rotatable bonds is 4. The zero-order valence-electron chi connectivity index (χ0n) is 14.0. The van der Waals surface area contributed by atoms with Gasteiger partial charge in [-0.05, 0) is 46.0 Å². The average Bonchev–Trinajstić information content (AvgIpc) is 2.92. The van der Waals surface area contributed by atoms with Crippen LogP contribution in [0, 0.1) is 5.92 Å². The third-order valence-electron chi connectivity index (χ3n) is 3.71. The minimum Gasteiger partial charge on any atom is -0.444 e. The number of alkyl carbamates (subject to hydrolysis) is 1. The van der Waals surface area contributed by atoms with Crippen molar-refractivity contribution in [2.45, 2.75) is 50.9 Å². The summed E-state index contributed by atoms with van der Waals surface area (Å²) in [5.41, 5.74) is 0.285. The summed E-state index contributed by atoms with van der Waals surface area (Å²) in [5.74, 6) is 0.420. The van der Waals surface area contributed by atoms with Crippen molar-refractivity contribution in [2.24, 2.45) is 5.92 Å². The van der Waals surface area contributed by atoms with Gasteiger partial charge in [0.1, 0.15) is 5.60 Å². The molecule has 5 heteroatoms. The van der Waals surface area contributed by atoms with E-state index < -0.39 is 5.60 Å². The molecule has 0 radical (unpaired) electrons. The van der Waals surface area contributed by atoms with E-state index in [4.69, 9.17) is 4.74 Å². The Kier molecular flexibility index (Phi) is 6.10. The van der Waals surface area contributed by atoms with E-state index in [1.54, 1.807) is 0 Å². The maximum Gasteiger partial charge on any atom is 0.407 e. The van der Waals surface area contributed by atoms with E-state index in [9.17, 15) is 9.59 Å². The molecule has 1 fully saturated rings. The van der Waals surface area contributed by atoms with Crippen LogP contribution in [0.3, 0.4) is 0 Å². The highest BCUT2D eigenvalue weighted by Crippen LogP contribution is 2.35. The van der Waals surface area contributed by atoms with E-state index in [0.717, 1.165) is 24.8 Å². The van der Waals surface area contributed by atoms with Crippen LogP contribution in [0.2, 0.25) is 0 Å². The van der Waals surface area contributed by atoms with Gasteiger partial charge in [0.25, 0.3) is 0 Å². The number of ether oxygens (including phenoxy) is 1. The molecule has 1 aliphatic carbocycles. The lowest BCUT2D eigenvalue weighted by Gasteiger charge is -2.20. The molecule has 1 saturated carbocycles. The van der Waals surface area contributed by atoms with Gasteiger partial charge in [-0.15, -0.1) is 0 Å². The molecule has 0 aromatic heterocycles. The number of hydrogen-bond donors (Lipinski definition) is 1. The molecule has 0 heterocycles. The Morgan fingerprint density at radius 1 is 1.22 bits per heavy atom. The number of carbonyl (C=O) groups excluding carboxylic acids is 2. The normalized spacial score (nSPS) is 21.0. The van der Waals surface area contributed by atoms with Crippen LogP contribution in [0.25, 0.3) is 0 Å². The number of hydrogen-bond acceptors (Lipinski definition) is 4. The van der Waals surface area contributed by atoms with Gasteiger partial charge in [0, 0.05) is 17.4 Å². The third-order valence-corrected chi connectivity index (χ3v) is 4.92. The van der Waals surface area contributed by atoms with Gasteiger partial charge in [0.2, 0.25) is 5.12 Å². The molecule has 0 saturated heterocycles. The number of amides is 1. The molecule has 0 spiro atoms. The highest BCUT2D eigenvalue weighted by atomic mass is 32.2. The molecule has 1 aromatic rings. The Morgan fingerprint density at radius 2 is 1.91 bits per heavy atom. The lowest BCUT2D eigenvalue weighted by molar-refractivity contribution is 0.0519. The lowest BCUT2D eigenvalue weighted by atomic mass is 10.1. The minimum absolute atomic E-state index is 0.136. The van der Waals surface area contributed by atoms with Gasteiger partial charge >= 0.3 is 6.09 Å². The molecule has 0 aliphatic heterocycles. The Bertz CT molecular complexity index is 539. The lowest BCUT2D eigenvalue weighted by Crippen LogP contribution is -2.34. The highest BCUT2D eigenvalue weighted by molar-refractivity contribution is 8.14. The molecule has 126 valence electrons. The van der Waals surface area contributed by atoms with E-state index >= 15 is 0 Å². The first-order valence-electron chi connectivity index (χ1n) is 8.06. The van der Waals surface area contributed by atoms with Crippen molar-refractivity contribution < 1.29 is 14.3 Å². The molecule has 2 rings (SSSR count). The molecule has 0 unspecified atom stereocenters. The van der Waals surface area contributed by atoms with Gasteiger partial charge in [-0.2, -0.15) is 0 Å². The number of carbonyl (C=O) groups is 2. The third kappa shape index (κ3) is 6.26. The van der Waals surface area contributed by atoms with Gasteiger partial charge < -0.3 is 10.1 Å². The van der Waals surface area contributed by atoms with Crippen LogP contribution in [0.15, 0.2) is 30.3 Å². The van der Waals surface area contributed by atoms with E-state index in [-0.39, 0.29) is 11.2 Å². The van der Waals surface area contributed by atoms with Gasteiger partial charge in [-0.3, -0.25) is 4.79 Å². The first-order valence-corrected chi connectivity index (χ1v) is 8.94. The Hall–Kier alpha value is -1.49. The monoisotopic (exact) mass is 335 g/mol. The second-order valence-electron chi connectivity index (χ2n) is 6.96. The topological polar surface area (TPSA) is 55.4 Å². The summed E-state index contributed by atoms with van der Waals surface area (Å²) in [6.45, 7) is 6.17. The summed E-state index contributed by atoms with van der Waals surface area (Å²) in [5, 5.41) is 3.31. The van der Waals surface area contributed by atoms with Gasteiger partial charge in [0.15, 0.2) is 0 Å². The van der Waals surface area contributed by atoms with Crippen LogP contribution in [0.4, 0.5) is 4.79 Å². The van der Waals surface area contributed by atoms with Crippen LogP contribution < -0.4 is 5.32 Å². The van der Waals surface area contributed by atoms with Crippen molar-refractivity contribution in [2.75, 3.05) is 6.54 Å². The molecule has 2 atom stereocenters. The number of benzene rings is 1. The largest absolute Gasteiger partial charge is 0.444 e. The fraction of sp³-hybridized carbons (Fsp3) is 0.556. The fourth-order valence-corrected chi connectivity index (χ4v) is 3.85. The standard InChI is InChI=1S/C18H25NO3S/c1-18(2,3)22-17(21)19-12-13-9-10-15(11-13)23-16(20)14-7-5-4-6-8-14/h4-8,13,15H,9-12H2,1-3H3,(H,19,21)/t13-,15-/m0/s1. The van der Waals surface area contributed by atoms with Crippen molar-refractivity contribution in [1.29, 1.82) is 0 Å². The number of nitrogens with one attached hydrogen (secondary N) is 1. The van der Waals surface area contributed by atoms with Crippen molar-refractivity contribution in [3.8, 4) is 0 Å². The molecule has 1 aliphatic rings. The minimum atomic E-state index is -0.472. The Morgan fingerprint density at radius 3 is 2.57 bits per heavy atom. The molecular formula is C18H25NO3S. The van der Waals surface area contributed by atoms with Gasteiger partial charge in [0.05, 0.1) is 0 Å². The van der Waals surface area contributed by atoms with Crippen LogP contribution in [-0.4, -0.2) is 28.6 Å². The maximum absolute atomic E-state index is 12.2. The first kappa shape index (κ1) is 17.9. The second-order valence-corrected chi connectivity index (χ2v) is 8.23. The predicted molar refractivity (Wildman–Crippen MR) is 93.7 cm³/mol. The zero-order chi connectivity index (χ0) is 16.9. The first-order chi connectivity index (χ1) is 10.8. The van der Waals surface area contributed by atoms with Crippen molar-refractivity contribution in [3.63, 3.8) is 0 Å². The smallest absolute Gasteiger partial charge is 0.407 e. The summed E-state index contributed by atoms with van der Waals surface area (Å²) in [6, 6.07) is 9.39. The van der Waals surface area contributed by atoms with Crippen LogP contribution in [0.5, 0.6) is 0 Å². The van der Waals surface area contributed by atoms with Crippen molar-refractivity contribution in [1.82, 2.24) is 5.32 Å². The SMILES string of the molecule is CC(C)(C)OC(=O)NC[C@H]1CC[C@H](SC(=O)c2ccccc2)C1. The van der Waals surface area contributed by atoms with Crippen molar-refractivity contribution >= 4 is 23.0 Å². The molecule has 1 N–H and O–H groups in total. The molecule has 4 nitrogen and oxygen atoms in total. The Balaban J connectivity index is 1.72. The van der Waals surface area contributed by atoms with E-state index in [2.05, 4.69) is 5.32 Å². The summed E-state index contributed by atoms with van der Waals surface area (Å²) in [4.78, 5) is 23.9. The highest BCUT2D eigenvalue weighted by Gasteiger charge is 2.28. The maximum atomic E-state index is 12.2. The second kappa shape index (κ2) is 7.86. The molecule has 23 heavy (non-hydrogen) atoms. The van der Waals surface area contributed by atoms with Crippen molar-refractivity contribution in [3.05, 3.63) is 35.9 Å². The van der Waals surface area contributed by atoms with Crippen LogP contribution in [-0.2, 0) is 4.74 Å². The summed E-state index contributed by atoms with van der Waals surface area (Å²) in [6.07, 6.45) is 2.65. The summed E-state index contributed by atoms with van der Waals surface area (Å²) in [7, 11) is 0. The van der Waals surface area contributed by atoms with E-state index in [1.807, 2.05) is 51.1 Å². The zero-order valence-corrected chi connectivity index (χ0v) is 14.8. The summed E-state index contributed by atoms with van der Waals surface area (Å²) < 4.78 is 5.24. The predicted octanol–water partition coefficient (Wildman–Crippen LogP) is 4.25. The molecule has 1 aromatic carbocycles. The van der Waals surface area contributed by atoms with Gasteiger partial charge in [-0.1, -0.05) is 42.1 Å². The molecule has 1 amide bonds. The van der Waals surface area contributed by atoms with Gasteiger partial charge in [-0.25, -0.2) is 4.79 Å². The fourth-order valence-electron chi connectivity index (χ4n) is 2.66. The van der Waals surface area contributed by atoms with Crippen LogP contribution in [0.1, 0.15) is 50.4 Å².